The van der Waals surface area contributed by atoms with E-state index in [1.807, 2.05) is 0 Å². The fraction of sp³-hybridized carbons (Fsp3) is 0.217. The molecule has 0 bridgehead atoms. The number of aryl methyl sites for hydroxylation is 1. The molecule has 3 heterocycles. The molecule has 1 aromatic heterocycles. The van der Waals surface area contributed by atoms with Crippen LogP contribution in [0.25, 0.3) is 0 Å². The highest BCUT2D eigenvalue weighted by atomic mass is 32.2. The summed E-state index contributed by atoms with van der Waals surface area (Å²) >= 11 is 0. The van der Waals surface area contributed by atoms with Gasteiger partial charge in [0.25, 0.3) is 10.0 Å². The highest BCUT2D eigenvalue weighted by Gasteiger charge is 2.31. The summed E-state index contributed by atoms with van der Waals surface area (Å²) in [6, 6.07) is 12.3. The summed E-state index contributed by atoms with van der Waals surface area (Å²) < 4.78 is 38.1. The predicted octanol–water partition coefficient (Wildman–Crippen LogP) is 2.20. The van der Waals surface area contributed by atoms with Gasteiger partial charge in [0.05, 0.1) is 4.90 Å². The monoisotopic (exact) mass is 510 g/mol. The molecule has 1 fully saturated rings. The highest BCUT2D eigenvalue weighted by Crippen LogP contribution is 2.36. The van der Waals surface area contributed by atoms with Crippen molar-refractivity contribution < 1.29 is 27.5 Å². The molecule has 2 N–H and O–H groups in total. The lowest BCUT2D eigenvalue weighted by molar-refractivity contribution is -0.116. The lowest BCUT2D eigenvalue weighted by atomic mass is 10.2. The van der Waals surface area contributed by atoms with Crippen LogP contribution in [0.2, 0.25) is 0 Å². The van der Waals surface area contributed by atoms with Gasteiger partial charge in [-0.1, -0.05) is 0 Å². The van der Waals surface area contributed by atoms with Crippen molar-refractivity contribution in [3.63, 3.8) is 0 Å². The van der Waals surface area contributed by atoms with Gasteiger partial charge in [0, 0.05) is 42.4 Å². The number of urea groups is 1. The first-order valence-corrected chi connectivity index (χ1v) is 12.5. The molecule has 0 unspecified atom stereocenters. The number of nitrogens with zero attached hydrogens (tertiary/aromatic N) is 4. The Bertz CT molecular complexity index is 1430. The van der Waals surface area contributed by atoms with Gasteiger partial charge in [-0.15, -0.1) is 0 Å². The molecule has 36 heavy (non-hydrogen) atoms. The molecule has 1 saturated heterocycles. The number of sulfonamides is 1. The van der Waals surface area contributed by atoms with Crippen LogP contribution in [0.4, 0.5) is 22.1 Å². The Morgan fingerprint density at radius 3 is 2.61 bits per heavy atom. The number of ether oxygens (including phenoxy) is 2. The van der Waals surface area contributed by atoms with E-state index in [0.29, 0.717) is 41.7 Å². The number of carbonyl (C=O) groups excluding carboxylic acids is 2. The van der Waals surface area contributed by atoms with Crippen LogP contribution in [0, 0.1) is 6.92 Å². The summed E-state index contributed by atoms with van der Waals surface area (Å²) in [6.07, 6.45) is 1.46. The van der Waals surface area contributed by atoms with E-state index < -0.39 is 15.9 Å². The number of fused-ring (bicyclic) bond motifs is 1. The van der Waals surface area contributed by atoms with Crippen molar-refractivity contribution in [1.29, 1.82) is 0 Å². The molecule has 2 aliphatic rings. The predicted molar refractivity (Wildman–Crippen MR) is 130 cm³/mol. The van der Waals surface area contributed by atoms with Crippen LogP contribution in [0.3, 0.4) is 0 Å². The number of hydrogen-bond donors (Lipinski definition) is 2. The molecular formula is C23H22N6O6S. The Hall–Kier alpha value is -4.39. The van der Waals surface area contributed by atoms with E-state index in [-0.39, 0.29) is 30.2 Å². The molecule has 0 radical (unpaired) electrons. The maximum atomic E-state index is 12.8. The van der Waals surface area contributed by atoms with Crippen molar-refractivity contribution >= 4 is 39.3 Å². The number of carbonyl (C=O) groups is 2. The van der Waals surface area contributed by atoms with Crippen LogP contribution < -0.4 is 24.4 Å². The molecule has 13 heteroatoms. The van der Waals surface area contributed by atoms with Gasteiger partial charge in [0.2, 0.25) is 18.6 Å². The van der Waals surface area contributed by atoms with Crippen LogP contribution in [0.5, 0.6) is 11.5 Å². The molecule has 186 valence electrons. The summed E-state index contributed by atoms with van der Waals surface area (Å²) in [5.41, 5.74) is 1.68. The zero-order chi connectivity index (χ0) is 25.3. The van der Waals surface area contributed by atoms with E-state index in [1.165, 1.54) is 35.4 Å². The molecule has 12 nitrogen and oxygen atoms in total. The van der Waals surface area contributed by atoms with Gasteiger partial charge in [0.1, 0.15) is 6.54 Å². The maximum Gasteiger partial charge on any atom is 0.325 e. The molecule has 0 atom stereocenters. The van der Waals surface area contributed by atoms with E-state index in [9.17, 15) is 18.0 Å². The fourth-order valence-corrected chi connectivity index (χ4v) is 4.74. The van der Waals surface area contributed by atoms with Crippen LogP contribution in [0.1, 0.15) is 5.69 Å². The van der Waals surface area contributed by atoms with Gasteiger partial charge >= 0.3 is 6.03 Å². The van der Waals surface area contributed by atoms with Crippen LogP contribution in [-0.4, -0.2) is 61.7 Å². The van der Waals surface area contributed by atoms with E-state index in [0.717, 1.165) is 0 Å². The minimum atomic E-state index is -3.90. The van der Waals surface area contributed by atoms with Crippen molar-refractivity contribution in [3.05, 3.63) is 60.4 Å². The first-order valence-electron chi connectivity index (χ1n) is 11.0. The number of nitrogens with one attached hydrogen (secondary N) is 2. The minimum Gasteiger partial charge on any atom is -0.454 e. The Morgan fingerprint density at radius 1 is 1.06 bits per heavy atom. The zero-order valence-corrected chi connectivity index (χ0v) is 20.0. The maximum absolute atomic E-state index is 12.8. The third kappa shape index (κ3) is 4.86. The number of benzene rings is 2. The number of aromatic nitrogens is 2. The van der Waals surface area contributed by atoms with Crippen molar-refractivity contribution in [2.24, 2.45) is 0 Å². The lowest BCUT2D eigenvalue weighted by Gasteiger charge is -2.18. The topological polar surface area (TPSA) is 143 Å². The molecule has 5 rings (SSSR count). The summed E-state index contributed by atoms with van der Waals surface area (Å²) in [7, 11) is -3.90. The van der Waals surface area contributed by atoms with Gasteiger partial charge < -0.3 is 19.7 Å². The summed E-state index contributed by atoms with van der Waals surface area (Å²) in [5, 5.41) is 2.69. The quantitative estimate of drug-likeness (QED) is 0.492. The van der Waals surface area contributed by atoms with Crippen molar-refractivity contribution in [3.8, 4) is 11.5 Å². The second-order valence-electron chi connectivity index (χ2n) is 8.09. The number of rotatable bonds is 7. The average molecular weight is 511 g/mol. The van der Waals surface area contributed by atoms with Gasteiger partial charge in [-0.05, 0) is 49.4 Å². The standard InChI is InChI=1S/C23H22N6O6S/c1-15-8-9-24-22(25-15)27-36(32,33)18-5-2-16(3-6-18)26-21(30)13-28-10-11-29(23(28)31)17-4-7-19-20(12-17)35-14-34-19/h2-9,12H,10-11,13-14H2,1H3,(H,26,30)(H,24,25,27). The second kappa shape index (κ2) is 9.34. The highest BCUT2D eigenvalue weighted by molar-refractivity contribution is 7.92. The third-order valence-electron chi connectivity index (χ3n) is 5.57. The van der Waals surface area contributed by atoms with E-state index in [2.05, 4.69) is 20.0 Å². The molecule has 0 aliphatic carbocycles. The first-order chi connectivity index (χ1) is 17.3. The van der Waals surface area contributed by atoms with Gasteiger partial charge in [-0.3, -0.25) is 9.69 Å². The largest absolute Gasteiger partial charge is 0.454 e. The van der Waals surface area contributed by atoms with Gasteiger partial charge in [-0.2, -0.15) is 0 Å². The Labute approximate surface area is 206 Å². The van der Waals surface area contributed by atoms with Gasteiger partial charge in [0.15, 0.2) is 11.5 Å². The van der Waals surface area contributed by atoms with Crippen molar-refractivity contribution in [2.75, 3.05) is 41.4 Å². The molecular weight excluding hydrogens is 488 g/mol. The Kier molecular flexibility index (Phi) is 6.06. The van der Waals surface area contributed by atoms with E-state index >= 15 is 0 Å². The minimum absolute atomic E-state index is 0.0142. The summed E-state index contributed by atoms with van der Waals surface area (Å²) in [4.78, 5) is 36.3. The summed E-state index contributed by atoms with van der Waals surface area (Å²) in [6.45, 7) is 2.53. The smallest absolute Gasteiger partial charge is 0.325 e. The Morgan fingerprint density at radius 2 is 1.83 bits per heavy atom. The number of hydrogen-bond acceptors (Lipinski definition) is 8. The number of amides is 3. The molecule has 0 saturated carbocycles. The first kappa shape index (κ1) is 23.4. The molecule has 3 aromatic rings. The molecule has 0 spiro atoms. The lowest BCUT2D eigenvalue weighted by Crippen LogP contribution is -2.37. The SMILES string of the molecule is Cc1ccnc(NS(=O)(=O)c2ccc(NC(=O)CN3CCN(c4ccc5c(c4)OCO5)C3=O)cc2)n1. The summed E-state index contributed by atoms with van der Waals surface area (Å²) in [5.74, 6) is 0.763. The van der Waals surface area contributed by atoms with Crippen LogP contribution in [0.15, 0.2) is 59.6 Å². The molecule has 3 amide bonds. The van der Waals surface area contributed by atoms with Crippen molar-refractivity contribution in [2.45, 2.75) is 11.8 Å². The van der Waals surface area contributed by atoms with E-state index in [1.54, 1.807) is 36.1 Å². The third-order valence-corrected chi connectivity index (χ3v) is 6.91. The fourth-order valence-electron chi connectivity index (χ4n) is 3.79. The van der Waals surface area contributed by atoms with E-state index in [4.69, 9.17) is 9.47 Å². The molecule has 2 aliphatic heterocycles. The molecule has 2 aromatic carbocycles. The van der Waals surface area contributed by atoms with Crippen molar-refractivity contribution in [1.82, 2.24) is 14.9 Å². The zero-order valence-electron chi connectivity index (χ0n) is 19.2. The number of anilines is 3. The normalized spacial score (nSPS) is 14.8. The Balaban J connectivity index is 1.18. The van der Waals surface area contributed by atoms with Crippen LogP contribution in [-0.2, 0) is 14.8 Å². The average Bonchev–Trinajstić information content (AvgIpc) is 3.45. The van der Waals surface area contributed by atoms with Gasteiger partial charge in [-0.25, -0.2) is 27.9 Å². The second-order valence-corrected chi connectivity index (χ2v) is 9.78. The van der Waals surface area contributed by atoms with Crippen LogP contribution >= 0.6 is 0 Å².